The Hall–Kier alpha value is -2.85. The highest BCUT2D eigenvalue weighted by atomic mass is 32.2. The van der Waals surface area contributed by atoms with Gasteiger partial charge in [-0.3, -0.25) is 4.79 Å². The predicted octanol–water partition coefficient (Wildman–Crippen LogP) is 4.72. The van der Waals surface area contributed by atoms with E-state index in [0.717, 1.165) is 5.56 Å². The molecule has 2 aromatic rings. The summed E-state index contributed by atoms with van der Waals surface area (Å²) in [7, 11) is -1.34. The number of nitrogens with one attached hydrogen (secondary N) is 1. The summed E-state index contributed by atoms with van der Waals surface area (Å²) in [5.41, 5.74) is -3.54. The number of amides is 1. The molecule has 0 bridgehead atoms. The fourth-order valence-corrected chi connectivity index (χ4v) is 4.00. The van der Waals surface area contributed by atoms with Crippen LogP contribution in [0.25, 0.3) is 0 Å². The second kappa shape index (κ2) is 10.8. The molecule has 1 N–H and O–H groups in total. The van der Waals surface area contributed by atoms with Crippen molar-refractivity contribution in [3.05, 3.63) is 77.6 Å². The standard InChI is InChI=1S/C21H20F4N2O2S.C2H6O/c1-14-18(15-7-9-17(22)10-8-15)11-12-27(20(14)28)13-16-5-3-4-6-19(16)26-30(2,29)21(23,24)25;1-3-2/h3-10,18H,1-2,11-13H2,(H,26,29);1-2H3. The van der Waals surface area contributed by atoms with Gasteiger partial charge in [-0.05, 0) is 41.6 Å². The highest BCUT2D eigenvalue weighted by Crippen LogP contribution is 2.34. The lowest BCUT2D eigenvalue weighted by atomic mass is 9.85. The zero-order valence-corrected chi connectivity index (χ0v) is 19.1. The molecule has 33 heavy (non-hydrogen) atoms. The third-order valence-electron chi connectivity index (χ3n) is 4.97. The number of para-hydroxylation sites is 1. The first-order valence-corrected chi connectivity index (χ1v) is 11.6. The normalized spacial score (nSPS) is 18.2. The van der Waals surface area contributed by atoms with Crippen LogP contribution in [0.15, 0.2) is 60.7 Å². The Labute approximate surface area is 191 Å². The van der Waals surface area contributed by atoms with Crippen molar-refractivity contribution in [2.75, 3.05) is 25.5 Å². The smallest absolute Gasteiger partial charge is 0.388 e. The van der Waals surface area contributed by atoms with E-state index in [2.05, 4.69) is 17.2 Å². The van der Waals surface area contributed by atoms with Gasteiger partial charge in [0.1, 0.15) is 15.5 Å². The highest BCUT2D eigenvalue weighted by Gasteiger charge is 2.40. The Balaban J connectivity index is 0.00000122. The number of carbonyl (C=O) groups excluding carboxylic acids is 1. The lowest BCUT2D eigenvalue weighted by Gasteiger charge is -2.34. The lowest BCUT2D eigenvalue weighted by molar-refractivity contribution is -0.129. The summed E-state index contributed by atoms with van der Waals surface area (Å²) in [6, 6.07) is 11.9. The van der Waals surface area contributed by atoms with Crippen LogP contribution in [0, 0.1) is 5.82 Å². The Bertz CT molecular complexity index is 1080. The van der Waals surface area contributed by atoms with Crippen LogP contribution in [0.2, 0.25) is 0 Å². The number of hydrogen-bond donors (Lipinski definition) is 1. The molecular formula is C23H26F4N2O3S. The van der Waals surface area contributed by atoms with Crippen LogP contribution in [0.4, 0.5) is 23.2 Å². The number of ether oxygens (including phenoxy) is 1. The quantitative estimate of drug-likeness (QED) is 0.378. The fourth-order valence-electron chi connectivity index (χ4n) is 3.33. The van der Waals surface area contributed by atoms with E-state index in [-0.39, 0.29) is 29.9 Å². The van der Waals surface area contributed by atoms with Crippen LogP contribution >= 0.6 is 0 Å². The number of methoxy groups -OCH3 is 1. The number of halogens is 4. The highest BCUT2D eigenvalue weighted by molar-refractivity contribution is 8.02. The minimum atomic E-state index is -5.02. The number of likely N-dealkylation sites (tertiary alicyclic amines) is 1. The van der Waals surface area contributed by atoms with Gasteiger partial charge in [0, 0.05) is 38.8 Å². The number of piperidine rings is 1. The lowest BCUT2D eigenvalue weighted by Crippen LogP contribution is -2.39. The van der Waals surface area contributed by atoms with Crippen LogP contribution in [0.5, 0.6) is 0 Å². The van der Waals surface area contributed by atoms with Gasteiger partial charge in [0.2, 0.25) is 5.91 Å². The molecule has 2 atom stereocenters. The van der Waals surface area contributed by atoms with E-state index < -0.39 is 15.2 Å². The molecule has 0 saturated carbocycles. The number of rotatable bonds is 5. The molecular weight excluding hydrogens is 460 g/mol. The summed E-state index contributed by atoms with van der Waals surface area (Å²) in [5, 5.41) is 0. The second-order valence-corrected chi connectivity index (χ2v) is 9.45. The van der Waals surface area contributed by atoms with Gasteiger partial charge in [0.25, 0.3) is 0 Å². The Morgan fingerprint density at radius 1 is 1.15 bits per heavy atom. The second-order valence-electron chi connectivity index (χ2n) is 7.43. The van der Waals surface area contributed by atoms with Crippen LogP contribution in [0.1, 0.15) is 23.5 Å². The Morgan fingerprint density at radius 3 is 2.30 bits per heavy atom. The van der Waals surface area contributed by atoms with E-state index in [1.54, 1.807) is 38.5 Å². The van der Waals surface area contributed by atoms with E-state index in [0.29, 0.717) is 24.1 Å². The topological polar surface area (TPSA) is 58.6 Å². The summed E-state index contributed by atoms with van der Waals surface area (Å²) < 4.78 is 70.1. The minimum absolute atomic E-state index is 0.00565. The van der Waals surface area contributed by atoms with Crippen molar-refractivity contribution < 1.29 is 31.3 Å². The average molecular weight is 487 g/mol. The third kappa shape index (κ3) is 6.58. The molecule has 1 amide bonds. The first-order chi connectivity index (χ1) is 15.4. The van der Waals surface area contributed by atoms with Crippen molar-refractivity contribution in [2.24, 2.45) is 0 Å². The predicted molar refractivity (Wildman–Crippen MR) is 123 cm³/mol. The molecule has 0 spiro atoms. The van der Waals surface area contributed by atoms with Crippen molar-refractivity contribution in [1.29, 1.82) is 0 Å². The zero-order chi connectivity index (χ0) is 24.8. The van der Waals surface area contributed by atoms with Gasteiger partial charge in [0.05, 0.1) is 5.69 Å². The maximum atomic E-state index is 13.2. The molecule has 10 heteroatoms. The van der Waals surface area contributed by atoms with Crippen molar-refractivity contribution in [3.63, 3.8) is 0 Å². The van der Waals surface area contributed by atoms with Gasteiger partial charge in [-0.2, -0.15) is 13.2 Å². The van der Waals surface area contributed by atoms with Crippen LogP contribution in [0.3, 0.4) is 0 Å². The summed E-state index contributed by atoms with van der Waals surface area (Å²) in [5.74, 6) is 1.80. The van der Waals surface area contributed by atoms with Crippen LogP contribution < -0.4 is 4.72 Å². The maximum absolute atomic E-state index is 13.2. The number of carbonyl (C=O) groups is 1. The summed E-state index contributed by atoms with van der Waals surface area (Å²) in [4.78, 5) is 14.3. The number of anilines is 1. The van der Waals surface area contributed by atoms with Crippen molar-refractivity contribution in [1.82, 2.24) is 4.90 Å². The molecule has 1 aliphatic rings. The summed E-state index contributed by atoms with van der Waals surface area (Å²) >= 11 is 0. The molecule has 2 unspecified atom stereocenters. The fraction of sp³-hybridized carbons (Fsp3) is 0.304. The molecule has 2 aromatic carbocycles. The van der Waals surface area contributed by atoms with E-state index in [1.807, 2.05) is 4.72 Å². The number of alkyl halides is 3. The number of nitrogens with zero attached hydrogens (tertiary/aromatic N) is 1. The van der Waals surface area contributed by atoms with E-state index >= 15 is 0 Å². The van der Waals surface area contributed by atoms with E-state index in [1.165, 1.54) is 29.2 Å². The first kappa shape index (κ1) is 26.4. The van der Waals surface area contributed by atoms with Gasteiger partial charge in [-0.25, -0.2) is 8.60 Å². The molecule has 0 radical (unpaired) electrons. The van der Waals surface area contributed by atoms with Crippen LogP contribution in [-0.4, -0.2) is 47.2 Å². The molecule has 0 aliphatic carbocycles. The van der Waals surface area contributed by atoms with Gasteiger partial charge in [-0.15, -0.1) is 0 Å². The van der Waals surface area contributed by atoms with Gasteiger partial charge in [0.15, 0.2) is 0 Å². The molecule has 5 nitrogen and oxygen atoms in total. The molecule has 1 fully saturated rings. The average Bonchev–Trinajstić information content (AvgIpc) is 2.73. The molecule has 180 valence electrons. The molecule has 1 heterocycles. The number of hydrogen-bond acceptors (Lipinski definition) is 3. The number of benzene rings is 2. The van der Waals surface area contributed by atoms with Crippen molar-refractivity contribution >= 4 is 27.2 Å². The van der Waals surface area contributed by atoms with Crippen molar-refractivity contribution in [2.45, 2.75) is 24.4 Å². The van der Waals surface area contributed by atoms with Crippen LogP contribution in [-0.2, 0) is 25.8 Å². The largest absolute Gasteiger partial charge is 0.481 e. The van der Waals surface area contributed by atoms with E-state index in [4.69, 9.17) is 0 Å². The third-order valence-corrected chi connectivity index (χ3v) is 6.27. The van der Waals surface area contributed by atoms with Gasteiger partial charge in [-0.1, -0.05) is 36.9 Å². The SMILES string of the molecule is C=C1C(=O)N(Cc2ccccc2NS(=C)(=O)C(F)(F)F)CCC1c1ccc(F)cc1.COC. The van der Waals surface area contributed by atoms with E-state index in [9.17, 15) is 26.6 Å². The minimum Gasteiger partial charge on any atom is -0.388 e. The Morgan fingerprint density at radius 2 is 1.73 bits per heavy atom. The molecule has 1 aliphatic heterocycles. The Kier molecular flexibility index (Phi) is 8.68. The molecule has 3 rings (SSSR count). The monoisotopic (exact) mass is 486 g/mol. The molecule has 1 saturated heterocycles. The zero-order valence-electron chi connectivity index (χ0n) is 18.3. The molecule has 0 aromatic heterocycles. The van der Waals surface area contributed by atoms with Gasteiger partial charge < -0.3 is 14.4 Å². The maximum Gasteiger partial charge on any atom is 0.481 e. The summed E-state index contributed by atoms with van der Waals surface area (Å²) in [6.45, 7) is 4.24. The van der Waals surface area contributed by atoms with Gasteiger partial charge >= 0.3 is 5.51 Å². The summed E-state index contributed by atoms with van der Waals surface area (Å²) in [6.07, 6.45) is 0.542. The van der Waals surface area contributed by atoms with Crippen molar-refractivity contribution in [3.8, 4) is 0 Å². The first-order valence-electron chi connectivity index (χ1n) is 9.84.